The van der Waals surface area contributed by atoms with E-state index in [-0.39, 0.29) is 28.5 Å². The first-order valence-electron chi connectivity index (χ1n) is 7.55. The van der Waals surface area contributed by atoms with E-state index >= 15 is 0 Å². The third-order valence-corrected chi connectivity index (χ3v) is 4.67. The fourth-order valence-electron chi connectivity index (χ4n) is 3.25. The van der Waals surface area contributed by atoms with Gasteiger partial charge in [-0.1, -0.05) is 30.5 Å². The normalized spacial score (nSPS) is 22.1. The van der Waals surface area contributed by atoms with E-state index in [1.54, 1.807) is 11.0 Å². The van der Waals surface area contributed by atoms with Crippen molar-refractivity contribution in [1.29, 1.82) is 0 Å². The number of nitrogens with two attached hydrogens (primary N) is 1. The minimum atomic E-state index is -0.564. The van der Waals surface area contributed by atoms with Gasteiger partial charge in [-0.3, -0.25) is 4.79 Å². The van der Waals surface area contributed by atoms with Crippen molar-refractivity contribution in [3.8, 4) is 0 Å². The summed E-state index contributed by atoms with van der Waals surface area (Å²) >= 11 is 6.02. The van der Waals surface area contributed by atoms with Gasteiger partial charge in [0.15, 0.2) is 0 Å². The Bertz CT molecular complexity index is 489. The van der Waals surface area contributed by atoms with Crippen LogP contribution in [0, 0.1) is 11.7 Å². The molecule has 116 valence electrons. The van der Waals surface area contributed by atoms with Gasteiger partial charge < -0.3 is 10.6 Å². The maximum Gasteiger partial charge on any atom is 0.258 e. The van der Waals surface area contributed by atoms with Crippen LogP contribution in [-0.4, -0.2) is 29.9 Å². The number of amides is 1. The first-order chi connectivity index (χ1) is 10.1. The van der Waals surface area contributed by atoms with Crippen LogP contribution in [0.2, 0.25) is 5.02 Å². The molecule has 5 heteroatoms. The largest absolute Gasteiger partial charge is 0.335 e. The van der Waals surface area contributed by atoms with E-state index in [0.29, 0.717) is 13.1 Å². The number of carbonyl (C=O) groups is 1. The zero-order chi connectivity index (χ0) is 15.4. The topological polar surface area (TPSA) is 46.3 Å². The van der Waals surface area contributed by atoms with Gasteiger partial charge >= 0.3 is 0 Å². The Morgan fingerprint density at radius 3 is 2.76 bits per heavy atom. The van der Waals surface area contributed by atoms with E-state index in [0.717, 1.165) is 25.7 Å². The van der Waals surface area contributed by atoms with Gasteiger partial charge in [-0.15, -0.1) is 0 Å². The third kappa shape index (κ3) is 3.38. The molecule has 2 N–H and O–H groups in total. The summed E-state index contributed by atoms with van der Waals surface area (Å²) in [5.74, 6) is -0.606. The van der Waals surface area contributed by atoms with Gasteiger partial charge in [0.05, 0.1) is 10.6 Å². The van der Waals surface area contributed by atoms with Crippen molar-refractivity contribution in [2.24, 2.45) is 11.7 Å². The van der Waals surface area contributed by atoms with Crippen molar-refractivity contribution in [1.82, 2.24) is 4.90 Å². The summed E-state index contributed by atoms with van der Waals surface area (Å²) in [6, 6.07) is 4.41. The molecule has 0 radical (unpaired) electrons. The molecule has 1 fully saturated rings. The van der Waals surface area contributed by atoms with Crippen LogP contribution in [-0.2, 0) is 0 Å². The molecule has 1 saturated carbocycles. The lowest BCUT2D eigenvalue weighted by molar-refractivity contribution is 0.0555. The van der Waals surface area contributed by atoms with Crippen LogP contribution in [0.5, 0.6) is 0 Å². The van der Waals surface area contributed by atoms with Gasteiger partial charge in [-0.05, 0) is 44.4 Å². The van der Waals surface area contributed by atoms with Gasteiger partial charge in [0.2, 0.25) is 0 Å². The van der Waals surface area contributed by atoms with Gasteiger partial charge in [0.1, 0.15) is 5.82 Å². The van der Waals surface area contributed by atoms with E-state index in [1.165, 1.54) is 12.1 Å². The van der Waals surface area contributed by atoms with E-state index in [9.17, 15) is 9.18 Å². The third-order valence-electron chi connectivity index (χ3n) is 4.35. The molecular weight excluding hydrogens is 291 g/mol. The molecule has 0 heterocycles. The van der Waals surface area contributed by atoms with Crippen molar-refractivity contribution in [3.05, 3.63) is 34.6 Å². The Hall–Kier alpha value is -1.13. The van der Waals surface area contributed by atoms with Crippen LogP contribution < -0.4 is 5.73 Å². The molecule has 0 spiro atoms. The smallest absolute Gasteiger partial charge is 0.258 e. The summed E-state index contributed by atoms with van der Waals surface area (Å²) in [6.45, 7) is 3.00. The molecule has 1 aliphatic rings. The lowest BCUT2D eigenvalue weighted by Gasteiger charge is -2.39. The molecule has 2 rings (SSSR count). The molecule has 2 unspecified atom stereocenters. The molecule has 1 aromatic carbocycles. The number of hydrogen-bond donors (Lipinski definition) is 1. The molecule has 0 bridgehead atoms. The molecule has 0 saturated heterocycles. The summed E-state index contributed by atoms with van der Waals surface area (Å²) in [7, 11) is 0. The summed E-state index contributed by atoms with van der Waals surface area (Å²) in [6.07, 6.45) is 4.17. The molecule has 1 aromatic rings. The number of carbonyl (C=O) groups excluding carboxylic acids is 1. The van der Waals surface area contributed by atoms with Crippen molar-refractivity contribution >= 4 is 17.5 Å². The molecular formula is C16H22ClFN2O. The maximum atomic E-state index is 14.0. The highest BCUT2D eigenvalue weighted by Gasteiger charge is 2.33. The lowest BCUT2D eigenvalue weighted by Crippen LogP contribution is -2.48. The van der Waals surface area contributed by atoms with Crippen LogP contribution >= 0.6 is 11.6 Å². The summed E-state index contributed by atoms with van der Waals surface area (Å²) in [5.41, 5.74) is 5.82. The van der Waals surface area contributed by atoms with Gasteiger partial charge in [0.25, 0.3) is 5.91 Å². The SMILES string of the molecule is CCN(C(=O)c1c(F)cccc1Cl)C1CCCCC1CN. The van der Waals surface area contributed by atoms with Gasteiger partial charge in [-0.25, -0.2) is 4.39 Å². The Morgan fingerprint density at radius 1 is 1.43 bits per heavy atom. The average molecular weight is 313 g/mol. The Morgan fingerprint density at radius 2 is 2.14 bits per heavy atom. The number of benzene rings is 1. The van der Waals surface area contributed by atoms with Crippen LogP contribution in [0.15, 0.2) is 18.2 Å². The summed E-state index contributed by atoms with van der Waals surface area (Å²) in [5, 5.41) is 0.165. The highest BCUT2D eigenvalue weighted by molar-refractivity contribution is 6.33. The fraction of sp³-hybridized carbons (Fsp3) is 0.562. The van der Waals surface area contributed by atoms with Crippen LogP contribution in [0.25, 0.3) is 0 Å². The second kappa shape index (κ2) is 7.23. The number of rotatable bonds is 4. The van der Waals surface area contributed by atoms with E-state index in [4.69, 9.17) is 17.3 Å². The van der Waals surface area contributed by atoms with Gasteiger partial charge in [0, 0.05) is 12.6 Å². The molecule has 0 aromatic heterocycles. The van der Waals surface area contributed by atoms with Gasteiger partial charge in [-0.2, -0.15) is 0 Å². The Kier molecular flexibility index (Phi) is 5.59. The Labute approximate surface area is 130 Å². The minimum Gasteiger partial charge on any atom is -0.335 e. The second-order valence-corrected chi connectivity index (χ2v) is 5.94. The molecule has 3 nitrogen and oxygen atoms in total. The predicted octanol–water partition coefficient (Wildman–Crippen LogP) is 3.46. The van der Waals surface area contributed by atoms with Crippen LogP contribution in [0.4, 0.5) is 4.39 Å². The van der Waals surface area contributed by atoms with E-state index in [2.05, 4.69) is 0 Å². The predicted molar refractivity (Wildman–Crippen MR) is 82.9 cm³/mol. The maximum absolute atomic E-state index is 14.0. The second-order valence-electron chi connectivity index (χ2n) is 5.54. The minimum absolute atomic E-state index is 0.0256. The highest BCUT2D eigenvalue weighted by Crippen LogP contribution is 2.30. The molecule has 21 heavy (non-hydrogen) atoms. The number of hydrogen-bond acceptors (Lipinski definition) is 2. The molecule has 2 atom stereocenters. The zero-order valence-corrected chi connectivity index (χ0v) is 13.1. The quantitative estimate of drug-likeness (QED) is 0.925. The number of halogens is 2. The molecule has 1 aliphatic carbocycles. The van der Waals surface area contributed by atoms with Crippen LogP contribution in [0.1, 0.15) is 43.0 Å². The number of nitrogens with zero attached hydrogens (tertiary/aromatic N) is 1. The first-order valence-corrected chi connectivity index (χ1v) is 7.93. The highest BCUT2D eigenvalue weighted by atomic mass is 35.5. The Balaban J connectivity index is 2.30. The molecule has 1 amide bonds. The monoisotopic (exact) mass is 312 g/mol. The van der Waals surface area contributed by atoms with E-state index < -0.39 is 5.82 Å². The molecule has 0 aliphatic heterocycles. The van der Waals surface area contributed by atoms with E-state index in [1.807, 2.05) is 6.92 Å². The van der Waals surface area contributed by atoms with Crippen molar-refractivity contribution < 1.29 is 9.18 Å². The van der Waals surface area contributed by atoms with Crippen molar-refractivity contribution in [2.75, 3.05) is 13.1 Å². The first kappa shape index (κ1) is 16.2. The lowest BCUT2D eigenvalue weighted by atomic mass is 9.83. The van der Waals surface area contributed by atoms with Crippen LogP contribution in [0.3, 0.4) is 0 Å². The van der Waals surface area contributed by atoms with Crippen molar-refractivity contribution in [2.45, 2.75) is 38.6 Å². The average Bonchev–Trinajstić information content (AvgIpc) is 2.48. The fourth-order valence-corrected chi connectivity index (χ4v) is 3.49. The van der Waals surface area contributed by atoms with Crippen molar-refractivity contribution in [3.63, 3.8) is 0 Å². The summed E-state index contributed by atoms with van der Waals surface area (Å²) < 4.78 is 14.0. The standard InChI is InChI=1S/C16H22ClFN2O/c1-2-20(14-9-4-3-6-11(14)10-19)16(21)15-12(17)7-5-8-13(15)18/h5,7-8,11,14H,2-4,6,9-10,19H2,1H3. The summed E-state index contributed by atoms with van der Waals surface area (Å²) in [4.78, 5) is 14.5. The zero-order valence-electron chi connectivity index (χ0n) is 12.3.